The molecule has 1 N–H and O–H groups in total. The van der Waals surface area contributed by atoms with Crippen LogP contribution in [0.3, 0.4) is 0 Å². The first kappa shape index (κ1) is 16.5. The van der Waals surface area contributed by atoms with Crippen molar-refractivity contribution in [2.24, 2.45) is 0 Å². The minimum Gasteiger partial charge on any atom is -0.357 e. The van der Waals surface area contributed by atoms with Gasteiger partial charge in [0, 0.05) is 25.0 Å². The van der Waals surface area contributed by atoms with Crippen molar-refractivity contribution in [1.82, 2.24) is 10.2 Å². The highest BCUT2D eigenvalue weighted by molar-refractivity contribution is 6.30. The molecule has 0 spiro atoms. The smallest absolute Gasteiger partial charge is 0.242 e. The number of amides is 2. The van der Waals surface area contributed by atoms with Gasteiger partial charge in [-0.1, -0.05) is 30.7 Å². The van der Waals surface area contributed by atoms with E-state index in [0.717, 1.165) is 12.0 Å². The third-order valence-electron chi connectivity index (χ3n) is 3.14. The molecule has 0 aliphatic rings. The molecule has 4 nitrogen and oxygen atoms in total. The molecule has 0 saturated carbocycles. The fraction of sp³-hybridized carbons (Fsp3) is 0.467. The molecule has 1 rings (SSSR count). The molecule has 0 aromatic heterocycles. The van der Waals surface area contributed by atoms with Crippen molar-refractivity contribution < 1.29 is 9.59 Å². The number of hydrogen-bond acceptors (Lipinski definition) is 2. The van der Waals surface area contributed by atoms with E-state index >= 15 is 0 Å². The summed E-state index contributed by atoms with van der Waals surface area (Å²) in [6.07, 6.45) is 1.20. The molecule has 1 aromatic carbocycles. The van der Waals surface area contributed by atoms with Gasteiger partial charge in [-0.25, -0.2) is 0 Å². The lowest BCUT2D eigenvalue weighted by Gasteiger charge is -2.28. The number of halogens is 1. The molecule has 0 unspecified atom stereocenters. The fourth-order valence-electron chi connectivity index (χ4n) is 1.94. The van der Waals surface area contributed by atoms with E-state index in [1.54, 1.807) is 31.0 Å². The highest BCUT2D eigenvalue weighted by Crippen LogP contribution is 2.14. The molecule has 0 heterocycles. The Morgan fingerprint density at radius 2 is 1.90 bits per heavy atom. The van der Waals surface area contributed by atoms with Crippen molar-refractivity contribution in [2.45, 2.75) is 39.3 Å². The maximum absolute atomic E-state index is 12.2. The summed E-state index contributed by atoms with van der Waals surface area (Å²) in [6.45, 7) is 4.09. The minimum atomic E-state index is -0.491. The maximum Gasteiger partial charge on any atom is 0.242 e. The van der Waals surface area contributed by atoms with Crippen molar-refractivity contribution in [3.63, 3.8) is 0 Å². The van der Waals surface area contributed by atoms with Crippen LogP contribution in [0.5, 0.6) is 0 Å². The summed E-state index contributed by atoms with van der Waals surface area (Å²) < 4.78 is 0. The molecule has 1 atom stereocenters. The van der Waals surface area contributed by atoms with Crippen molar-refractivity contribution in [3.8, 4) is 0 Å². The molecule has 2 amide bonds. The van der Waals surface area contributed by atoms with Crippen LogP contribution in [0.15, 0.2) is 24.3 Å². The molecule has 0 bridgehead atoms. The van der Waals surface area contributed by atoms with E-state index in [1.165, 1.54) is 0 Å². The summed E-state index contributed by atoms with van der Waals surface area (Å²) in [7, 11) is 1.57. The number of benzene rings is 1. The Balaban J connectivity index is 2.89. The first-order valence-electron chi connectivity index (χ1n) is 6.75. The predicted octanol–water partition coefficient (Wildman–Crippen LogP) is 2.60. The molecule has 1 aromatic rings. The second-order valence-corrected chi connectivity index (χ2v) is 5.12. The highest BCUT2D eigenvalue weighted by Gasteiger charge is 2.24. The van der Waals surface area contributed by atoms with Crippen LogP contribution in [-0.4, -0.2) is 29.8 Å². The number of nitrogens with zero attached hydrogens (tertiary/aromatic N) is 1. The van der Waals surface area contributed by atoms with Crippen LogP contribution in [-0.2, 0) is 16.1 Å². The summed E-state index contributed by atoms with van der Waals surface area (Å²) in [4.78, 5) is 25.6. The predicted molar refractivity (Wildman–Crippen MR) is 80.4 cm³/mol. The normalized spacial score (nSPS) is 11.8. The fourth-order valence-corrected chi connectivity index (χ4v) is 2.06. The van der Waals surface area contributed by atoms with Gasteiger partial charge in [-0.05, 0) is 31.0 Å². The van der Waals surface area contributed by atoms with E-state index in [4.69, 9.17) is 11.6 Å². The van der Waals surface area contributed by atoms with E-state index in [2.05, 4.69) is 5.32 Å². The second-order valence-electron chi connectivity index (χ2n) is 4.69. The lowest BCUT2D eigenvalue weighted by Crippen LogP contribution is -2.46. The van der Waals surface area contributed by atoms with Crippen LogP contribution in [0.2, 0.25) is 5.02 Å². The van der Waals surface area contributed by atoms with Gasteiger partial charge in [0.2, 0.25) is 11.8 Å². The maximum atomic E-state index is 12.2. The van der Waals surface area contributed by atoms with Crippen LogP contribution in [0.4, 0.5) is 0 Å². The molecule has 0 aliphatic carbocycles. The molecular formula is C15H21ClN2O2. The number of rotatable bonds is 6. The van der Waals surface area contributed by atoms with Gasteiger partial charge in [-0.3, -0.25) is 9.59 Å². The molecule has 0 aliphatic heterocycles. The van der Waals surface area contributed by atoms with E-state index in [-0.39, 0.29) is 11.8 Å². The summed E-state index contributed by atoms with van der Waals surface area (Å²) in [5, 5.41) is 3.24. The highest BCUT2D eigenvalue weighted by atomic mass is 35.5. The van der Waals surface area contributed by atoms with Crippen molar-refractivity contribution in [1.29, 1.82) is 0 Å². The summed E-state index contributed by atoms with van der Waals surface area (Å²) in [6, 6.07) is 6.80. The van der Waals surface area contributed by atoms with Crippen molar-refractivity contribution in [2.75, 3.05) is 7.05 Å². The first-order valence-corrected chi connectivity index (χ1v) is 7.12. The molecule has 0 radical (unpaired) electrons. The van der Waals surface area contributed by atoms with E-state index < -0.39 is 6.04 Å². The number of carbonyl (C=O) groups is 2. The molecule has 0 saturated heterocycles. The average molecular weight is 297 g/mol. The lowest BCUT2D eigenvalue weighted by molar-refractivity contribution is -0.140. The number of nitrogens with one attached hydrogen (secondary N) is 1. The van der Waals surface area contributed by atoms with Gasteiger partial charge in [0.1, 0.15) is 6.04 Å². The topological polar surface area (TPSA) is 49.4 Å². The zero-order valence-corrected chi connectivity index (χ0v) is 12.9. The summed E-state index contributed by atoms with van der Waals surface area (Å²) in [5.74, 6) is -0.179. The van der Waals surface area contributed by atoms with E-state index in [0.29, 0.717) is 18.0 Å². The number of hydrogen-bond donors (Lipinski definition) is 1. The van der Waals surface area contributed by atoms with Gasteiger partial charge < -0.3 is 10.2 Å². The number of carbonyl (C=O) groups excluding carboxylic acids is 2. The molecule has 0 fully saturated rings. The zero-order valence-electron chi connectivity index (χ0n) is 12.1. The Morgan fingerprint density at radius 1 is 1.30 bits per heavy atom. The van der Waals surface area contributed by atoms with Gasteiger partial charge in [0.25, 0.3) is 0 Å². The molecule has 20 heavy (non-hydrogen) atoms. The Bertz CT molecular complexity index is 459. The quantitative estimate of drug-likeness (QED) is 0.877. The van der Waals surface area contributed by atoms with E-state index in [9.17, 15) is 9.59 Å². The second kappa shape index (κ2) is 7.90. The zero-order chi connectivity index (χ0) is 15.1. The van der Waals surface area contributed by atoms with Crippen molar-refractivity contribution in [3.05, 3.63) is 34.9 Å². The van der Waals surface area contributed by atoms with Gasteiger partial charge in [0.15, 0.2) is 0 Å². The van der Waals surface area contributed by atoms with Gasteiger partial charge in [0.05, 0.1) is 0 Å². The Hall–Kier alpha value is -1.55. The Kier molecular flexibility index (Phi) is 6.52. The van der Waals surface area contributed by atoms with Crippen LogP contribution in [0.25, 0.3) is 0 Å². The SMILES string of the molecule is CCCC(=O)N(Cc1ccc(Cl)cc1)[C@H](C)C(=O)NC. The van der Waals surface area contributed by atoms with Gasteiger partial charge in [-0.2, -0.15) is 0 Å². The minimum absolute atomic E-state index is 0.0152. The van der Waals surface area contributed by atoms with Crippen LogP contribution >= 0.6 is 11.6 Å². The average Bonchev–Trinajstić information content (AvgIpc) is 2.45. The summed E-state index contributed by atoms with van der Waals surface area (Å²) >= 11 is 5.85. The standard InChI is InChI=1S/C15H21ClN2O2/c1-4-5-14(19)18(11(2)15(20)17-3)10-12-6-8-13(16)9-7-12/h6-9,11H,4-5,10H2,1-3H3,(H,17,20)/t11-/m1/s1. The van der Waals surface area contributed by atoms with Gasteiger partial charge >= 0.3 is 0 Å². The Morgan fingerprint density at radius 3 is 2.40 bits per heavy atom. The third-order valence-corrected chi connectivity index (χ3v) is 3.40. The van der Waals surface area contributed by atoms with Gasteiger partial charge in [-0.15, -0.1) is 0 Å². The monoisotopic (exact) mass is 296 g/mol. The molecular weight excluding hydrogens is 276 g/mol. The molecule has 5 heteroatoms. The van der Waals surface area contributed by atoms with Crippen LogP contribution in [0, 0.1) is 0 Å². The Labute approximate surface area is 125 Å². The van der Waals surface area contributed by atoms with Crippen LogP contribution < -0.4 is 5.32 Å². The van der Waals surface area contributed by atoms with E-state index in [1.807, 2.05) is 19.1 Å². The first-order chi connectivity index (χ1) is 9.49. The van der Waals surface area contributed by atoms with Crippen molar-refractivity contribution >= 4 is 23.4 Å². The lowest BCUT2D eigenvalue weighted by atomic mass is 10.1. The third kappa shape index (κ3) is 4.53. The van der Waals surface area contributed by atoms with Crippen LogP contribution in [0.1, 0.15) is 32.3 Å². The largest absolute Gasteiger partial charge is 0.357 e. The number of likely N-dealkylation sites (N-methyl/N-ethyl adjacent to an activating group) is 1. The summed E-state index contributed by atoms with van der Waals surface area (Å²) in [5.41, 5.74) is 0.953. The molecule has 110 valence electrons.